The van der Waals surface area contributed by atoms with Crippen LogP contribution in [0.1, 0.15) is 5.56 Å². The van der Waals surface area contributed by atoms with Crippen molar-refractivity contribution in [3.8, 4) is 5.75 Å². The SMILES string of the molecule is Cc1ccc(OC(F)F)c(NC(=S)Nc2ccc(Br)cc2Cl)c1. The van der Waals surface area contributed by atoms with Crippen molar-refractivity contribution in [3.05, 3.63) is 51.5 Å². The van der Waals surface area contributed by atoms with Gasteiger partial charge in [0.15, 0.2) is 5.11 Å². The van der Waals surface area contributed by atoms with Gasteiger partial charge in [-0.1, -0.05) is 33.6 Å². The third kappa shape index (κ3) is 5.30. The van der Waals surface area contributed by atoms with Gasteiger partial charge in [0.1, 0.15) is 5.75 Å². The number of aryl methyl sites for hydroxylation is 1. The first-order valence-corrected chi connectivity index (χ1v) is 8.01. The largest absolute Gasteiger partial charge is 0.433 e. The van der Waals surface area contributed by atoms with Crippen molar-refractivity contribution >= 4 is 56.2 Å². The molecule has 8 heteroatoms. The maximum absolute atomic E-state index is 12.5. The Morgan fingerprint density at radius 2 is 1.87 bits per heavy atom. The number of nitrogens with one attached hydrogen (secondary N) is 2. The molecule has 0 fully saturated rings. The lowest BCUT2D eigenvalue weighted by atomic mass is 10.2. The molecule has 0 amide bonds. The van der Waals surface area contributed by atoms with E-state index in [-0.39, 0.29) is 10.9 Å². The average Bonchev–Trinajstić information content (AvgIpc) is 2.44. The summed E-state index contributed by atoms with van der Waals surface area (Å²) in [5, 5.41) is 6.43. The van der Waals surface area contributed by atoms with Crippen LogP contribution in [-0.2, 0) is 0 Å². The third-order valence-electron chi connectivity index (χ3n) is 2.78. The monoisotopic (exact) mass is 420 g/mol. The van der Waals surface area contributed by atoms with Gasteiger partial charge >= 0.3 is 6.61 Å². The summed E-state index contributed by atoms with van der Waals surface area (Å²) in [5.74, 6) is 0.0108. The molecule has 23 heavy (non-hydrogen) atoms. The van der Waals surface area contributed by atoms with E-state index >= 15 is 0 Å². The molecular formula is C15H12BrClF2N2OS. The van der Waals surface area contributed by atoms with Crippen LogP contribution >= 0.6 is 39.7 Å². The van der Waals surface area contributed by atoms with Gasteiger partial charge < -0.3 is 15.4 Å². The predicted molar refractivity (Wildman–Crippen MR) is 96.8 cm³/mol. The Morgan fingerprint density at radius 1 is 1.17 bits per heavy atom. The average molecular weight is 422 g/mol. The zero-order valence-electron chi connectivity index (χ0n) is 11.9. The topological polar surface area (TPSA) is 33.3 Å². The summed E-state index contributed by atoms with van der Waals surface area (Å²) in [6, 6.07) is 10.0. The highest BCUT2D eigenvalue weighted by Crippen LogP contribution is 2.29. The standard InChI is InChI=1S/C15H12BrClF2N2OS/c1-8-2-5-13(22-14(18)19)12(6-8)21-15(23)20-11-4-3-9(16)7-10(11)17/h2-7,14H,1H3,(H2,20,21,23). The smallest absolute Gasteiger partial charge is 0.387 e. The number of ether oxygens (including phenoxy) is 1. The van der Waals surface area contributed by atoms with Crippen molar-refractivity contribution in [2.75, 3.05) is 10.6 Å². The summed E-state index contributed by atoms with van der Waals surface area (Å²) in [6.07, 6.45) is 0. The minimum atomic E-state index is -2.92. The Bertz CT molecular complexity index is 731. The van der Waals surface area contributed by atoms with E-state index in [1.54, 1.807) is 30.3 Å². The summed E-state index contributed by atoms with van der Waals surface area (Å²) < 4.78 is 30.2. The molecule has 2 N–H and O–H groups in total. The minimum Gasteiger partial charge on any atom is -0.433 e. The molecule has 0 aliphatic rings. The Hall–Kier alpha value is -1.44. The molecule has 0 atom stereocenters. The summed E-state index contributed by atoms with van der Waals surface area (Å²) in [4.78, 5) is 0. The van der Waals surface area contributed by atoms with Crippen molar-refractivity contribution in [2.24, 2.45) is 0 Å². The van der Waals surface area contributed by atoms with Gasteiger partial charge in [-0.05, 0) is 55.0 Å². The zero-order chi connectivity index (χ0) is 17.0. The van der Waals surface area contributed by atoms with Gasteiger partial charge in [-0.15, -0.1) is 0 Å². The molecular weight excluding hydrogens is 410 g/mol. The third-order valence-corrected chi connectivity index (χ3v) is 3.79. The minimum absolute atomic E-state index is 0.0108. The number of thiocarbonyl (C=S) groups is 1. The maximum atomic E-state index is 12.5. The van der Waals surface area contributed by atoms with Crippen LogP contribution in [0.15, 0.2) is 40.9 Å². The number of halogens is 4. The Balaban J connectivity index is 2.14. The predicted octanol–water partition coefficient (Wildman–Crippen LogP) is 5.82. The van der Waals surface area contributed by atoms with Crippen LogP contribution in [0.2, 0.25) is 5.02 Å². The van der Waals surface area contributed by atoms with E-state index in [0.29, 0.717) is 16.4 Å². The van der Waals surface area contributed by atoms with E-state index < -0.39 is 6.61 Å². The molecule has 3 nitrogen and oxygen atoms in total. The lowest BCUT2D eigenvalue weighted by Crippen LogP contribution is -2.20. The van der Waals surface area contributed by atoms with Crippen LogP contribution in [0.3, 0.4) is 0 Å². The second-order valence-corrected chi connectivity index (χ2v) is 6.31. The summed E-state index contributed by atoms with van der Waals surface area (Å²) >= 11 is 14.6. The van der Waals surface area contributed by atoms with Crippen molar-refractivity contribution in [3.63, 3.8) is 0 Å². The van der Waals surface area contributed by atoms with Crippen molar-refractivity contribution in [1.82, 2.24) is 0 Å². The van der Waals surface area contributed by atoms with Crippen molar-refractivity contribution in [1.29, 1.82) is 0 Å². The van der Waals surface area contributed by atoms with Crippen LogP contribution in [0.4, 0.5) is 20.2 Å². The molecule has 122 valence electrons. The molecule has 0 heterocycles. The van der Waals surface area contributed by atoms with Gasteiger partial charge in [0, 0.05) is 4.47 Å². The highest BCUT2D eigenvalue weighted by atomic mass is 79.9. The van der Waals surface area contributed by atoms with Gasteiger partial charge in [-0.25, -0.2) is 0 Å². The Labute approximate surface area is 151 Å². The Morgan fingerprint density at radius 3 is 2.52 bits per heavy atom. The van der Waals surface area contributed by atoms with E-state index in [2.05, 4.69) is 31.3 Å². The van der Waals surface area contributed by atoms with Gasteiger partial charge in [-0.2, -0.15) is 8.78 Å². The number of hydrogen-bond donors (Lipinski definition) is 2. The Kier molecular flexibility index (Phi) is 6.15. The molecule has 0 radical (unpaired) electrons. The molecule has 2 rings (SSSR count). The maximum Gasteiger partial charge on any atom is 0.387 e. The second kappa shape index (κ2) is 7.90. The van der Waals surface area contributed by atoms with Crippen LogP contribution < -0.4 is 15.4 Å². The first kappa shape index (κ1) is 17.9. The molecule has 0 spiro atoms. The quantitative estimate of drug-likeness (QED) is 0.609. The van der Waals surface area contributed by atoms with E-state index in [0.717, 1.165) is 10.0 Å². The van der Waals surface area contributed by atoms with Crippen LogP contribution in [0.5, 0.6) is 5.75 Å². The molecule has 0 bridgehead atoms. The van der Waals surface area contributed by atoms with Gasteiger partial charge in [0.2, 0.25) is 0 Å². The molecule has 2 aromatic rings. The summed E-state index contributed by atoms with van der Waals surface area (Å²) in [7, 11) is 0. The molecule has 0 aromatic heterocycles. The first-order valence-electron chi connectivity index (χ1n) is 6.43. The molecule has 0 aliphatic heterocycles. The number of alkyl halides is 2. The van der Waals surface area contributed by atoms with Crippen LogP contribution in [0.25, 0.3) is 0 Å². The summed E-state index contributed by atoms with van der Waals surface area (Å²) in [6.45, 7) is -1.08. The highest BCUT2D eigenvalue weighted by Gasteiger charge is 2.12. The van der Waals surface area contributed by atoms with Gasteiger partial charge in [0.05, 0.1) is 16.4 Å². The number of anilines is 2. The van der Waals surface area contributed by atoms with E-state index in [4.69, 9.17) is 23.8 Å². The van der Waals surface area contributed by atoms with E-state index in [9.17, 15) is 8.78 Å². The zero-order valence-corrected chi connectivity index (χ0v) is 15.0. The lowest BCUT2D eigenvalue weighted by Gasteiger charge is -2.15. The van der Waals surface area contributed by atoms with Crippen molar-refractivity contribution in [2.45, 2.75) is 13.5 Å². The van der Waals surface area contributed by atoms with Crippen molar-refractivity contribution < 1.29 is 13.5 Å². The van der Waals surface area contributed by atoms with Gasteiger partial charge in [-0.3, -0.25) is 0 Å². The lowest BCUT2D eigenvalue weighted by molar-refractivity contribution is -0.0493. The van der Waals surface area contributed by atoms with E-state index in [1.807, 2.05) is 6.92 Å². The second-order valence-electron chi connectivity index (χ2n) is 4.58. The summed E-state index contributed by atoms with van der Waals surface area (Å²) in [5.41, 5.74) is 1.81. The fraction of sp³-hybridized carbons (Fsp3) is 0.133. The molecule has 0 saturated heterocycles. The highest BCUT2D eigenvalue weighted by molar-refractivity contribution is 9.10. The fourth-order valence-electron chi connectivity index (χ4n) is 1.81. The normalized spacial score (nSPS) is 10.5. The molecule has 0 saturated carbocycles. The number of rotatable bonds is 4. The number of benzene rings is 2. The van der Waals surface area contributed by atoms with Crippen LogP contribution in [-0.4, -0.2) is 11.7 Å². The van der Waals surface area contributed by atoms with Crippen LogP contribution in [0, 0.1) is 6.92 Å². The fourth-order valence-corrected chi connectivity index (χ4v) is 2.75. The molecule has 0 aliphatic carbocycles. The van der Waals surface area contributed by atoms with E-state index in [1.165, 1.54) is 6.07 Å². The van der Waals surface area contributed by atoms with Gasteiger partial charge in [0.25, 0.3) is 0 Å². The molecule has 2 aromatic carbocycles. The number of hydrogen-bond acceptors (Lipinski definition) is 2. The first-order chi connectivity index (χ1) is 10.8. The molecule has 0 unspecified atom stereocenters.